The van der Waals surface area contributed by atoms with Gasteiger partial charge in [0.25, 0.3) is 5.91 Å². The predicted molar refractivity (Wildman–Crippen MR) is 126 cm³/mol. The highest BCUT2D eigenvalue weighted by Gasteiger charge is 2.39. The van der Waals surface area contributed by atoms with Crippen LogP contribution in [0.15, 0.2) is 47.5 Å². The van der Waals surface area contributed by atoms with Crippen molar-refractivity contribution < 1.29 is 14.0 Å². The minimum absolute atomic E-state index is 0.00948. The molecule has 5 rings (SSSR count). The summed E-state index contributed by atoms with van der Waals surface area (Å²) in [5, 5.41) is 0. The van der Waals surface area contributed by atoms with Crippen LogP contribution in [0.25, 0.3) is 0 Å². The first kappa shape index (κ1) is 21.6. The van der Waals surface area contributed by atoms with Gasteiger partial charge in [-0.05, 0) is 43.0 Å². The van der Waals surface area contributed by atoms with E-state index in [1.807, 2.05) is 42.3 Å². The number of fused-ring (bicyclic) bond motifs is 1. The van der Waals surface area contributed by atoms with Gasteiger partial charge >= 0.3 is 0 Å². The Hall–Kier alpha value is -3.22. The normalized spacial score (nSPS) is 20.1. The highest BCUT2D eigenvalue weighted by Crippen LogP contribution is 2.33. The Balaban J connectivity index is 1.31. The van der Waals surface area contributed by atoms with Crippen molar-refractivity contribution in [3.8, 4) is 0 Å². The minimum atomic E-state index is -0.509. The highest BCUT2D eigenvalue weighted by atomic mass is 19.1. The molecule has 0 N–H and O–H groups in total. The summed E-state index contributed by atoms with van der Waals surface area (Å²) in [7, 11) is 0. The molecule has 0 radical (unpaired) electrons. The first-order valence-electron chi connectivity index (χ1n) is 11.8. The van der Waals surface area contributed by atoms with E-state index in [0.717, 1.165) is 36.1 Å². The lowest BCUT2D eigenvalue weighted by Gasteiger charge is -2.41. The van der Waals surface area contributed by atoms with E-state index in [0.29, 0.717) is 32.8 Å². The molecule has 0 aromatic heterocycles. The average Bonchev–Trinajstić information content (AvgIpc) is 3.70. The number of hydrogen-bond acceptors (Lipinski definition) is 4. The van der Waals surface area contributed by atoms with E-state index < -0.39 is 5.82 Å². The summed E-state index contributed by atoms with van der Waals surface area (Å²) in [6, 6.07) is 12.8. The van der Waals surface area contributed by atoms with E-state index >= 15 is 0 Å². The van der Waals surface area contributed by atoms with E-state index in [1.165, 1.54) is 6.07 Å². The lowest BCUT2D eigenvalue weighted by atomic mass is 10.0. The monoisotopic (exact) mass is 448 g/mol. The number of halogens is 1. The van der Waals surface area contributed by atoms with Gasteiger partial charge in [-0.1, -0.05) is 31.2 Å². The number of benzene rings is 2. The molecular weight excluding hydrogens is 419 g/mol. The molecule has 2 aromatic rings. The molecule has 2 amide bonds. The molecule has 1 saturated heterocycles. The fraction of sp³-hybridized carbons (Fsp3) is 0.423. The second kappa shape index (κ2) is 8.96. The average molecular weight is 449 g/mol. The van der Waals surface area contributed by atoms with Crippen molar-refractivity contribution >= 4 is 23.7 Å². The number of nitrogens with zero attached hydrogens (tertiary/aromatic N) is 4. The molecule has 33 heavy (non-hydrogen) atoms. The van der Waals surface area contributed by atoms with Gasteiger partial charge in [0.05, 0.1) is 5.56 Å². The van der Waals surface area contributed by atoms with Crippen LogP contribution >= 0.6 is 0 Å². The number of anilines is 1. The summed E-state index contributed by atoms with van der Waals surface area (Å²) < 4.78 is 14.7. The quantitative estimate of drug-likeness (QED) is 0.701. The van der Waals surface area contributed by atoms with E-state index in [-0.39, 0.29) is 29.3 Å². The third-order valence-corrected chi connectivity index (χ3v) is 6.85. The maximum absolute atomic E-state index is 14.7. The summed E-state index contributed by atoms with van der Waals surface area (Å²) in [5.41, 5.74) is 3.08. The summed E-state index contributed by atoms with van der Waals surface area (Å²) in [6.07, 6.45) is 4.58. The number of aliphatic imine (C=N–C) groups is 1. The number of carbonyl (C=O) groups excluding carboxylic acids is 2. The summed E-state index contributed by atoms with van der Waals surface area (Å²) in [4.78, 5) is 36.1. The molecule has 7 heteroatoms. The molecule has 2 aromatic carbocycles. The van der Waals surface area contributed by atoms with Gasteiger partial charge in [-0.25, -0.2) is 4.39 Å². The van der Waals surface area contributed by atoms with Gasteiger partial charge in [-0.2, -0.15) is 0 Å². The molecule has 0 unspecified atom stereocenters. The minimum Gasteiger partial charge on any atom is -0.347 e. The highest BCUT2D eigenvalue weighted by molar-refractivity contribution is 5.95. The zero-order valence-corrected chi connectivity index (χ0v) is 18.9. The summed E-state index contributed by atoms with van der Waals surface area (Å²) in [6.45, 7) is 4.50. The first-order valence-corrected chi connectivity index (χ1v) is 11.8. The zero-order valence-electron chi connectivity index (χ0n) is 18.9. The standard InChI is InChI=1S/C26H29FN4O2/c1-2-21-16-29(11-12-31(21)25(32)19-8-9-19)26(33)22-13-18(7-10-23(22)27)15-30-17-28-14-20-5-3-4-6-24(20)30/h3-7,10,13-14,19,21H,2,8-9,11-12,15-17H2,1H3/t21-/m1/s1. The van der Waals surface area contributed by atoms with Crippen LogP contribution in [0.3, 0.4) is 0 Å². The van der Waals surface area contributed by atoms with Gasteiger partial charge in [0.2, 0.25) is 5.91 Å². The Kier molecular flexibility index (Phi) is 5.87. The van der Waals surface area contributed by atoms with Crippen molar-refractivity contribution in [1.29, 1.82) is 0 Å². The number of rotatable bonds is 5. The van der Waals surface area contributed by atoms with Crippen molar-refractivity contribution in [2.24, 2.45) is 10.9 Å². The number of amides is 2. The topological polar surface area (TPSA) is 56.2 Å². The van der Waals surface area contributed by atoms with Gasteiger partial charge in [0, 0.05) is 55.6 Å². The van der Waals surface area contributed by atoms with E-state index in [9.17, 15) is 14.0 Å². The molecule has 3 aliphatic rings. The molecule has 2 fully saturated rings. The molecule has 1 atom stereocenters. The van der Waals surface area contributed by atoms with Crippen molar-refractivity contribution in [3.05, 3.63) is 65.0 Å². The summed E-state index contributed by atoms with van der Waals surface area (Å²) >= 11 is 0. The van der Waals surface area contributed by atoms with Gasteiger partial charge in [0.1, 0.15) is 12.5 Å². The Morgan fingerprint density at radius 1 is 1.12 bits per heavy atom. The SMILES string of the molecule is CC[C@@H]1CN(C(=O)c2cc(CN3CN=Cc4ccccc43)ccc2F)CCN1C(=O)C1CC1. The van der Waals surface area contributed by atoms with Crippen molar-refractivity contribution in [2.45, 2.75) is 38.8 Å². The van der Waals surface area contributed by atoms with Crippen molar-refractivity contribution in [2.75, 3.05) is 31.2 Å². The summed E-state index contributed by atoms with van der Waals surface area (Å²) in [5.74, 6) is -0.431. The van der Waals surface area contributed by atoms with Crippen LogP contribution in [0.5, 0.6) is 0 Å². The van der Waals surface area contributed by atoms with Gasteiger partial charge in [-0.3, -0.25) is 14.6 Å². The molecule has 0 bridgehead atoms. The smallest absolute Gasteiger partial charge is 0.256 e. The van der Waals surface area contributed by atoms with Crippen LogP contribution < -0.4 is 4.90 Å². The van der Waals surface area contributed by atoms with E-state index in [2.05, 4.69) is 9.89 Å². The number of carbonyl (C=O) groups is 2. The first-order chi connectivity index (χ1) is 16.0. The van der Waals surface area contributed by atoms with Crippen LogP contribution in [0, 0.1) is 11.7 Å². The number of para-hydroxylation sites is 1. The lowest BCUT2D eigenvalue weighted by molar-refractivity contribution is -0.137. The van der Waals surface area contributed by atoms with Crippen molar-refractivity contribution in [3.63, 3.8) is 0 Å². The van der Waals surface area contributed by atoms with Crippen LogP contribution in [0.2, 0.25) is 0 Å². The van der Waals surface area contributed by atoms with Crippen LogP contribution in [0.1, 0.15) is 47.7 Å². The maximum atomic E-state index is 14.7. The van der Waals surface area contributed by atoms with Gasteiger partial charge < -0.3 is 14.7 Å². The van der Waals surface area contributed by atoms with Crippen LogP contribution in [-0.2, 0) is 11.3 Å². The fourth-order valence-electron chi connectivity index (χ4n) is 4.80. The van der Waals surface area contributed by atoms with E-state index in [4.69, 9.17) is 0 Å². The largest absolute Gasteiger partial charge is 0.347 e. The van der Waals surface area contributed by atoms with Crippen molar-refractivity contribution in [1.82, 2.24) is 9.80 Å². The third-order valence-electron chi connectivity index (χ3n) is 6.85. The molecule has 0 spiro atoms. The maximum Gasteiger partial charge on any atom is 0.256 e. The second-order valence-corrected chi connectivity index (χ2v) is 9.14. The second-order valence-electron chi connectivity index (χ2n) is 9.14. The predicted octanol–water partition coefficient (Wildman–Crippen LogP) is 3.70. The molecule has 6 nitrogen and oxygen atoms in total. The Morgan fingerprint density at radius 2 is 1.94 bits per heavy atom. The third kappa shape index (κ3) is 4.36. The molecule has 1 aliphatic carbocycles. The lowest BCUT2D eigenvalue weighted by Crippen LogP contribution is -2.56. The Labute approximate surface area is 193 Å². The van der Waals surface area contributed by atoms with Crippen LogP contribution in [0.4, 0.5) is 10.1 Å². The number of hydrogen-bond donors (Lipinski definition) is 0. The fourth-order valence-corrected chi connectivity index (χ4v) is 4.80. The molecule has 2 aliphatic heterocycles. The van der Waals surface area contributed by atoms with E-state index in [1.54, 1.807) is 17.0 Å². The Bertz CT molecular complexity index is 1100. The molecule has 1 saturated carbocycles. The zero-order chi connectivity index (χ0) is 22.9. The van der Waals surface area contributed by atoms with Gasteiger partial charge in [0.15, 0.2) is 0 Å². The number of piperazine rings is 1. The molecule has 172 valence electrons. The molecular formula is C26H29FN4O2. The van der Waals surface area contributed by atoms with Crippen LogP contribution in [-0.4, -0.2) is 60.2 Å². The molecule has 2 heterocycles. The van der Waals surface area contributed by atoms with Gasteiger partial charge in [-0.15, -0.1) is 0 Å². The Morgan fingerprint density at radius 3 is 2.73 bits per heavy atom.